The lowest BCUT2D eigenvalue weighted by Crippen LogP contribution is -2.31. The average Bonchev–Trinajstić information content (AvgIpc) is 2.51. The first-order valence-corrected chi connectivity index (χ1v) is 7.19. The quantitative estimate of drug-likeness (QED) is 0.815. The van der Waals surface area contributed by atoms with Gasteiger partial charge in [-0.2, -0.15) is 18.3 Å². The lowest BCUT2D eigenvalue weighted by atomic mass is 9.99. The monoisotopic (exact) mass is 330 g/mol. The van der Waals surface area contributed by atoms with E-state index in [1.165, 1.54) is 12.1 Å². The van der Waals surface area contributed by atoms with Crippen molar-refractivity contribution < 1.29 is 27.4 Å². The molecule has 1 aliphatic rings. The third kappa shape index (κ3) is 4.69. The van der Waals surface area contributed by atoms with Crippen LogP contribution in [0.2, 0.25) is 0 Å². The number of alkyl halides is 3. The summed E-state index contributed by atoms with van der Waals surface area (Å²) in [5, 5.41) is 3.72. The Bertz CT molecular complexity index is 600. The number of cyclic esters (lactones) is 1. The number of carbonyl (C=O) groups excluding carboxylic acids is 1. The van der Waals surface area contributed by atoms with Gasteiger partial charge < -0.3 is 9.47 Å². The van der Waals surface area contributed by atoms with Crippen molar-refractivity contribution in [1.29, 1.82) is 0 Å². The molecule has 5 nitrogen and oxygen atoms in total. The summed E-state index contributed by atoms with van der Waals surface area (Å²) in [6.07, 6.45) is -4.21. The fourth-order valence-electron chi connectivity index (χ4n) is 2.13. The van der Waals surface area contributed by atoms with Gasteiger partial charge in [-0.15, -0.1) is 0 Å². The fraction of sp³-hybridized carbons (Fsp3) is 0.467. The van der Waals surface area contributed by atoms with Crippen LogP contribution in [0.3, 0.4) is 0 Å². The highest BCUT2D eigenvalue weighted by atomic mass is 19.4. The smallest absolute Gasteiger partial charge is 0.428 e. The van der Waals surface area contributed by atoms with E-state index >= 15 is 0 Å². The average molecular weight is 330 g/mol. The van der Waals surface area contributed by atoms with Gasteiger partial charge in [-0.3, -0.25) is 0 Å². The summed E-state index contributed by atoms with van der Waals surface area (Å²) in [5.74, 6) is 0. The standard InChI is InChI=1S/C15H17F3N2O3/c1-2-6-22-7-5-10-3-4-11(8-12(10)15(16,17)18)13-9-23-14(21)20-19-13/h3-4,8H,2,5-7,9H2,1H3,(H,20,21). The minimum atomic E-state index is -4.48. The van der Waals surface area contributed by atoms with Crippen LogP contribution in [-0.2, 0) is 22.1 Å². The van der Waals surface area contributed by atoms with Crippen molar-refractivity contribution in [2.75, 3.05) is 19.8 Å². The maximum absolute atomic E-state index is 13.3. The Balaban J connectivity index is 2.22. The van der Waals surface area contributed by atoms with Crippen LogP contribution in [0.5, 0.6) is 0 Å². The molecule has 1 heterocycles. The highest BCUT2D eigenvalue weighted by molar-refractivity contribution is 6.03. The first kappa shape index (κ1) is 17.3. The summed E-state index contributed by atoms with van der Waals surface area (Å²) in [7, 11) is 0. The first-order chi connectivity index (χ1) is 10.9. The van der Waals surface area contributed by atoms with E-state index in [0.717, 1.165) is 12.5 Å². The third-order valence-electron chi connectivity index (χ3n) is 3.23. The number of benzene rings is 1. The predicted molar refractivity (Wildman–Crippen MR) is 77.3 cm³/mol. The normalized spacial score (nSPS) is 15.0. The van der Waals surface area contributed by atoms with E-state index in [1.807, 2.05) is 6.92 Å². The molecular formula is C15H17F3N2O3. The second-order valence-electron chi connectivity index (χ2n) is 4.98. The summed E-state index contributed by atoms with van der Waals surface area (Å²) in [5.41, 5.74) is 2.02. The van der Waals surface area contributed by atoms with Gasteiger partial charge in [0, 0.05) is 12.2 Å². The zero-order chi connectivity index (χ0) is 16.9. The number of hydrogen-bond acceptors (Lipinski definition) is 4. The van der Waals surface area contributed by atoms with E-state index in [9.17, 15) is 18.0 Å². The Morgan fingerprint density at radius 3 is 2.74 bits per heavy atom. The molecule has 126 valence electrons. The number of halogens is 3. The van der Waals surface area contributed by atoms with Crippen molar-refractivity contribution in [3.05, 3.63) is 34.9 Å². The summed E-state index contributed by atoms with van der Waals surface area (Å²) >= 11 is 0. The molecule has 2 rings (SSSR count). The minimum Gasteiger partial charge on any atom is -0.442 e. The molecule has 0 aromatic heterocycles. The molecular weight excluding hydrogens is 313 g/mol. The van der Waals surface area contributed by atoms with E-state index in [-0.39, 0.29) is 36.5 Å². The van der Waals surface area contributed by atoms with Crippen molar-refractivity contribution in [2.45, 2.75) is 25.9 Å². The van der Waals surface area contributed by atoms with Gasteiger partial charge in [0.2, 0.25) is 0 Å². The van der Waals surface area contributed by atoms with Gasteiger partial charge in [0.25, 0.3) is 0 Å². The summed E-state index contributed by atoms with van der Waals surface area (Å²) in [6.45, 7) is 2.52. The Morgan fingerprint density at radius 2 is 2.13 bits per heavy atom. The van der Waals surface area contributed by atoms with Gasteiger partial charge in [0.1, 0.15) is 12.3 Å². The highest BCUT2D eigenvalue weighted by Crippen LogP contribution is 2.33. The molecule has 0 saturated carbocycles. The van der Waals surface area contributed by atoms with Crippen LogP contribution < -0.4 is 5.43 Å². The van der Waals surface area contributed by atoms with Crippen LogP contribution in [0, 0.1) is 0 Å². The molecule has 0 aliphatic carbocycles. The highest BCUT2D eigenvalue weighted by Gasteiger charge is 2.34. The zero-order valence-corrected chi connectivity index (χ0v) is 12.6. The summed E-state index contributed by atoms with van der Waals surface area (Å²) in [4.78, 5) is 10.9. The van der Waals surface area contributed by atoms with Gasteiger partial charge in [-0.1, -0.05) is 19.1 Å². The number of carbonyl (C=O) groups is 1. The molecule has 1 aromatic carbocycles. The second-order valence-corrected chi connectivity index (χ2v) is 4.98. The van der Waals surface area contributed by atoms with Crippen LogP contribution in [0.15, 0.2) is 23.3 Å². The summed E-state index contributed by atoms with van der Waals surface area (Å²) < 4.78 is 49.7. The topological polar surface area (TPSA) is 59.9 Å². The van der Waals surface area contributed by atoms with Crippen molar-refractivity contribution in [1.82, 2.24) is 5.43 Å². The Labute approximate surface area is 131 Å². The number of nitrogens with one attached hydrogen (secondary N) is 1. The van der Waals surface area contributed by atoms with E-state index in [0.29, 0.717) is 6.61 Å². The molecule has 0 saturated heterocycles. The Hall–Kier alpha value is -2.09. The molecule has 23 heavy (non-hydrogen) atoms. The van der Waals surface area contributed by atoms with Gasteiger partial charge in [-0.25, -0.2) is 10.2 Å². The predicted octanol–water partition coefficient (Wildman–Crippen LogP) is 3.12. The fourth-order valence-corrected chi connectivity index (χ4v) is 2.13. The molecule has 8 heteroatoms. The SMILES string of the molecule is CCCOCCc1ccc(C2=NNC(=O)OC2)cc1C(F)(F)F. The molecule has 0 spiro atoms. The number of hydrogen-bond donors (Lipinski definition) is 1. The van der Waals surface area contributed by atoms with Crippen LogP contribution in [0.4, 0.5) is 18.0 Å². The van der Waals surface area contributed by atoms with Crippen molar-refractivity contribution in [3.8, 4) is 0 Å². The van der Waals surface area contributed by atoms with E-state index in [4.69, 9.17) is 9.47 Å². The minimum absolute atomic E-state index is 0.165. The first-order valence-electron chi connectivity index (χ1n) is 7.19. The molecule has 0 radical (unpaired) electrons. The van der Waals surface area contributed by atoms with Gasteiger partial charge in [-0.05, 0) is 24.5 Å². The molecule has 1 amide bonds. The second kappa shape index (κ2) is 7.45. The van der Waals surface area contributed by atoms with E-state index < -0.39 is 17.8 Å². The van der Waals surface area contributed by atoms with Crippen LogP contribution in [-0.4, -0.2) is 31.6 Å². The van der Waals surface area contributed by atoms with E-state index in [1.54, 1.807) is 0 Å². The van der Waals surface area contributed by atoms with Crippen LogP contribution in [0.25, 0.3) is 0 Å². The molecule has 1 aliphatic heterocycles. The molecule has 1 aromatic rings. The number of nitrogens with zero attached hydrogens (tertiary/aromatic N) is 1. The zero-order valence-electron chi connectivity index (χ0n) is 12.6. The maximum atomic E-state index is 13.3. The largest absolute Gasteiger partial charge is 0.442 e. The molecule has 0 bridgehead atoms. The van der Waals surface area contributed by atoms with Crippen LogP contribution in [0.1, 0.15) is 30.0 Å². The van der Waals surface area contributed by atoms with Crippen LogP contribution >= 0.6 is 0 Å². The Morgan fingerprint density at radius 1 is 1.35 bits per heavy atom. The lowest BCUT2D eigenvalue weighted by Gasteiger charge is -2.17. The van der Waals surface area contributed by atoms with E-state index in [2.05, 4.69) is 10.5 Å². The third-order valence-corrected chi connectivity index (χ3v) is 3.23. The Kier molecular flexibility index (Phi) is 5.59. The van der Waals surface area contributed by atoms with Crippen molar-refractivity contribution in [3.63, 3.8) is 0 Å². The number of amides is 1. The van der Waals surface area contributed by atoms with Crippen molar-refractivity contribution >= 4 is 11.8 Å². The molecule has 0 fully saturated rings. The summed E-state index contributed by atoms with van der Waals surface area (Å²) in [6, 6.07) is 3.96. The maximum Gasteiger partial charge on any atom is 0.428 e. The lowest BCUT2D eigenvalue weighted by molar-refractivity contribution is -0.138. The van der Waals surface area contributed by atoms with Gasteiger partial charge in [0.05, 0.1) is 12.2 Å². The number of rotatable bonds is 6. The molecule has 0 atom stereocenters. The molecule has 0 unspecified atom stereocenters. The number of ether oxygens (including phenoxy) is 2. The van der Waals surface area contributed by atoms with Gasteiger partial charge >= 0.3 is 12.3 Å². The molecule has 1 N–H and O–H groups in total. The van der Waals surface area contributed by atoms with Gasteiger partial charge in [0.15, 0.2) is 0 Å². The number of hydrazone groups is 1. The van der Waals surface area contributed by atoms with Crippen molar-refractivity contribution in [2.24, 2.45) is 5.10 Å².